The number of rotatable bonds is 7. The van der Waals surface area contributed by atoms with Crippen molar-refractivity contribution in [2.24, 2.45) is 0 Å². The van der Waals surface area contributed by atoms with E-state index in [9.17, 15) is 9.59 Å². The maximum Gasteiger partial charge on any atom is 0.238 e. The fraction of sp³-hybridized carbons (Fsp3) is 0.300. The van der Waals surface area contributed by atoms with Gasteiger partial charge in [-0.1, -0.05) is 24.3 Å². The summed E-state index contributed by atoms with van der Waals surface area (Å²) >= 11 is 0. The van der Waals surface area contributed by atoms with Gasteiger partial charge in [-0.15, -0.1) is 0 Å². The highest BCUT2D eigenvalue weighted by atomic mass is 16.2. The second-order valence-electron chi connectivity index (χ2n) is 6.38. The van der Waals surface area contributed by atoms with Crippen LogP contribution in [0.5, 0.6) is 0 Å². The third-order valence-corrected chi connectivity index (χ3v) is 3.90. The maximum atomic E-state index is 12.3. The van der Waals surface area contributed by atoms with E-state index in [1.54, 1.807) is 24.3 Å². The van der Waals surface area contributed by atoms with Crippen LogP contribution in [0.2, 0.25) is 0 Å². The van der Waals surface area contributed by atoms with E-state index in [1.165, 1.54) is 6.92 Å². The molecule has 0 radical (unpaired) electrons. The van der Waals surface area contributed by atoms with Crippen molar-refractivity contribution in [2.45, 2.75) is 13.5 Å². The predicted octanol–water partition coefficient (Wildman–Crippen LogP) is 3.03. The largest absolute Gasteiger partial charge is 0.378 e. The topological polar surface area (TPSA) is 52.7 Å². The number of benzene rings is 2. The molecule has 0 unspecified atom stereocenters. The van der Waals surface area contributed by atoms with Crippen LogP contribution in [0.15, 0.2) is 48.5 Å². The van der Waals surface area contributed by atoms with Crippen molar-refractivity contribution in [3.8, 4) is 0 Å². The van der Waals surface area contributed by atoms with Gasteiger partial charge in [0.25, 0.3) is 0 Å². The molecule has 0 spiro atoms. The molecule has 0 saturated carbocycles. The average Bonchev–Trinajstić information content (AvgIpc) is 2.55. The van der Waals surface area contributed by atoms with E-state index < -0.39 is 0 Å². The molecule has 0 bridgehead atoms. The second-order valence-corrected chi connectivity index (χ2v) is 6.38. The van der Waals surface area contributed by atoms with Crippen LogP contribution in [0.25, 0.3) is 0 Å². The lowest BCUT2D eigenvalue weighted by Crippen LogP contribution is -2.30. The first-order chi connectivity index (χ1) is 11.9. The molecule has 132 valence electrons. The molecular weight excluding hydrogens is 314 g/mol. The van der Waals surface area contributed by atoms with Crippen LogP contribution in [0.4, 0.5) is 11.4 Å². The zero-order valence-electron chi connectivity index (χ0n) is 15.2. The SMILES string of the molecule is CC(=O)c1ccccc1NC(=O)CN(C)Cc1ccc(N(C)C)cc1. The van der Waals surface area contributed by atoms with E-state index in [0.717, 1.165) is 11.3 Å². The summed E-state index contributed by atoms with van der Waals surface area (Å²) in [7, 11) is 5.91. The van der Waals surface area contributed by atoms with Crippen LogP contribution >= 0.6 is 0 Å². The lowest BCUT2D eigenvalue weighted by atomic mass is 10.1. The minimum Gasteiger partial charge on any atom is -0.378 e. The van der Waals surface area contributed by atoms with Gasteiger partial charge in [0.2, 0.25) is 5.91 Å². The van der Waals surface area contributed by atoms with Gasteiger partial charge in [-0.05, 0) is 43.8 Å². The molecule has 5 nitrogen and oxygen atoms in total. The lowest BCUT2D eigenvalue weighted by molar-refractivity contribution is -0.117. The summed E-state index contributed by atoms with van der Waals surface area (Å²) in [5.41, 5.74) is 3.37. The number of nitrogens with zero attached hydrogens (tertiary/aromatic N) is 2. The van der Waals surface area contributed by atoms with E-state index in [1.807, 2.05) is 30.9 Å². The highest BCUT2D eigenvalue weighted by molar-refractivity contribution is 6.04. The Morgan fingerprint density at radius 1 is 0.960 bits per heavy atom. The van der Waals surface area contributed by atoms with E-state index in [2.05, 4.69) is 29.6 Å². The number of Topliss-reactive ketones (excluding diaryl/α,β-unsaturated/α-hetero) is 1. The van der Waals surface area contributed by atoms with Crippen LogP contribution in [-0.2, 0) is 11.3 Å². The number of ketones is 1. The monoisotopic (exact) mass is 339 g/mol. The fourth-order valence-electron chi connectivity index (χ4n) is 2.60. The van der Waals surface area contributed by atoms with Crippen LogP contribution in [0, 0.1) is 0 Å². The Hall–Kier alpha value is -2.66. The molecule has 1 N–H and O–H groups in total. The van der Waals surface area contributed by atoms with Gasteiger partial charge in [-0.25, -0.2) is 0 Å². The molecule has 5 heteroatoms. The standard InChI is InChI=1S/C20H25N3O2/c1-15(24)18-7-5-6-8-19(18)21-20(25)14-23(4)13-16-9-11-17(12-10-16)22(2)3/h5-12H,13-14H2,1-4H3,(H,21,25). The van der Waals surface area contributed by atoms with Crippen molar-refractivity contribution >= 4 is 23.1 Å². The molecule has 0 aliphatic carbocycles. The highest BCUT2D eigenvalue weighted by Crippen LogP contribution is 2.16. The summed E-state index contributed by atoms with van der Waals surface area (Å²) in [5.74, 6) is -0.202. The highest BCUT2D eigenvalue weighted by Gasteiger charge is 2.11. The van der Waals surface area contributed by atoms with Gasteiger partial charge in [-0.2, -0.15) is 0 Å². The third-order valence-electron chi connectivity index (χ3n) is 3.90. The van der Waals surface area contributed by atoms with Crippen molar-refractivity contribution in [1.82, 2.24) is 4.90 Å². The van der Waals surface area contributed by atoms with Crippen LogP contribution in [0.1, 0.15) is 22.8 Å². The van der Waals surface area contributed by atoms with E-state index >= 15 is 0 Å². The number of para-hydroxylation sites is 1. The first-order valence-corrected chi connectivity index (χ1v) is 8.21. The molecule has 25 heavy (non-hydrogen) atoms. The number of amides is 1. The van der Waals surface area contributed by atoms with Gasteiger partial charge in [0.1, 0.15) is 0 Å². The molecule has 0 atom stereocenters. The van der Waals surface area contributed by atoms with Crippen molar-refractivity contribution < 1.29 is 9.59 Å². The summed E-state index contributed by atoms with van der Waals surface area (Å²) in [6.07, 6.45) is 0. The Kier molecular flexibility index (Phi) is 6.31. The van der Waals surface area contributed by atoms with Crippen molar-refractivity contribution in [3.63, 3.8) is 0 Å². The Bertz CT molecular complexity index is 739. The van der Waals surface area contributed by atoms with Crippen molar-refractivity contribution in [3.05, 3.63) is 59.7 Å². The lowest BCUT2D eigenvalue weighted by Gasteiger charge is -2.18. The summed E-state index contributed by atoms with van der Waals surface area (Å²) < 4.78 is 0. The first kappa shape index (κ1) is 18.7. The quantitative estimate of drug-likeness (QED) is 0.788. The van der Waals surface area contributed by atoms with E-state index in [-0.39, 0.29) is 18.2 Å². The van der Waals surface area contributed by atoms with Crippen LogP contribution in [-0.4, -0.2) is 44.3 Å². The van der Waals surface area contributed by atoms with Crippen molar-refractivity contribution in [2.75, 3.05) is 37.9 Å². The molecule has 0 aromatic heterocycles. The predicted molar refractivity (Wildman–Crippen MR) is 102 cm³/mol. The van der Waals surface area contributed by atoms with Crippen LogP contribution in [0.3, 0.4) is 0 Å². The number of hydrogen-bond acceptors (Lipinski definition) is 4. The number of nitrogens with one attached hydrogen (secondary N) is 1. The summed E-state index contributed by atoms with van der Waals surface area (Å²) in [4.78, 5) is 27.9. The average molecular weight is 339 g/mol. The molecule has 2 aromatic rings. The summed E-state index contributed by atoms with van der Waals surface area (Å²) in [6, 6.07) is 15.3. The molecule has 1 amide bonds. The number of carbonyl (C=O) groups is 2. The van der Waals surface area contributed by atoms with Gasteiger partial charge in [0, 0.05) is 31.9 Å². The normalized spacial score (nSPS) is 10.6. The maximum absolute atomic E-state index is 12.3. The Morgan fingerprint density at radius 2 is 1.60 bits per heavy atom. The summed E-state index contributed by atoms with van der Waals surface area (Å²) in [5, 5.41) is 2.82. The zero-order valence-corrected chi connectivity index (χ0v) is 15.2. The smallest absolute Gasteiger partial charge is 0.238 e. The van der Waals surface area contributed by atoms with Gasteiger partial charge in [-0.3, -0.25) is 14.5 Å². The minimum absolute atomic E-state index is 0.0646. The van der Waals surface area contributed by atoms with Gasteiger partial charge < -0.3 is 10.2 Å². The molecule has 0 fully saturated rings. The number of anilines is 2. The van der Waals surface area contributed by atoms with Gasteiger partial charge in [0.15, 0.2) is 5.78 Å². The second kappa shape index (κ2) is 8.44. The Balaban J connectivity index is 1.93. The number of hydrogen-bond donors (Lipinski definition) is 1. The molecule has 2 rings (SSSR count). The van der Waals surface area contributed by atoms with Crippen LogP contribution < -0.4 is 10.2 Å². The molecular formula is C20H25N3O2. The molecule has 0 heterocycles. The Labute approximate surface area is 149 Å². The van der Waals surface area contributed by atoms with Gasteiger partial charge in [0.05, 0.1) is 12.2 Å². The zero-order chi connectivity index (χ0) is 18.4. The summed E-state index contributed by atoms with van der Waals surface area (Å²) in [6.45, 7) is 2.42. The molecule has 0 saturated heterocycles. The third kappa shape index (κ3) is 5.43. The van der Waals surface area contributed by atoms with Crippen molar-refractivity contribution in [1.29, 1.82) is 0 Å². The molecule has 0 aliphatic rings. The number of likely N-dealkylation sites (N-methyl/N-ethyl adjacent to an activating group) is 1. The Morgan fingerprint density at radius 3 is 2.20 bits per heavy atom. The fourth-order valence-corrected chi connectivity index (χ4v) is 2.60. The van der Waals surface area contributed by atoms with E-state index in [4.69, 9.17) is 0 Å². The first-order valence-electron chi connectivity index (χ1n) is 8.21. The van der Waals surface area contributed by atoms with E-state index in [0.29, 0.717) is 17.8 Å². The molecule has 2 aromatic carbocycles. The minimum atomic E-state index is -0.138. The molecule has 0 aliphatic heterocycles. The number of carbonyl (C=O) groups excluding carboxylic acids is 2. The van der Waals surface area contributed by atoms with Gasteiger partial charge >= 0.3 is 0 Å².